The van der Waals surface area contributed by atoms with Crippen LogP contribution in [0.25, 0.3) is 0 Å². The molecule has 1 atom stereocenters. The number of hydrogen-bond acceptors (Lipinski definition) is 3. The molecule has 0 radical (unpaired) electrons. The molecule has 0 aromatic heterocycles. The maximum Gasteiger partial charge on any atom is 0.152 e. The summed E-state index contributed by atoms with van der Waals surface area (Å²) in [4.78, 5) is 0. The molecule has 1 heterocycles. The summed E-state index contributed by atoms with van der Waals surface area (Å²) in [5.74, 6) is 1.02. The molecule has 0 aliphatic carbocycles. The maximum absolute atomic E-state index is 10.00. The zero-order valence-electron chi connectivity index (χ0n) is 3.66. The van der Waals surface area contributed by atoms with Gasteiger partial charge in [0.2, 0.25) is 0 Å². The van der Waals surface area contributed by atoms with E-state index in [1.54, 1.807) is 0 Å². The van der Waals surface area contributed by atoms with Crippen LogP contribution < -0.4 is 0 Å². The number of rotatable bonds is 1. The first-order valence-electron chi connectivity index (χ1n) is 2.06. The van der Waals surface area contributed by atoms with Crippen molar-refractivity contribution in [3.8, 4) is 0 Å². The Morgan fingerprint density at radius 2 is 2.14 bits per heavy atom. The lowest BCUT2D eigenvalue weighted by molar-refractivity contribution is 0.609. The summed E-state index contributed by atoms with van der Waals surface area (Å²) in [7, 11) is -2.11. The first kappa shape index (κ1) is 5.44. The summed E-state index contributed by atoms with van der Waals surface area (Å²) in [6, 6.07) is 0. The second-order valence-corrected chi connectivity index (χ2v) is 4.25. The second-order valence-electron chi connectivity index (χ2n) is 1.40. The van der Waals surface area contributed by atoms with Crippen LogP contribution in [0.1, 0.15) is 6.42 Å². The lowest BCUT2D eigenvalue weighted by atomic mass is 10.5. The molecular weight excluding hydrogens is 132 g/mol. The predicted molar refractivity (Wildman–Crippen MR) is 31.2 cm³/mol. The highest BCUT2D eigenvalue weighted by Crippen LogP contribution is 2.27. The largest absolute Gasteiger partial charge is 0.231 e. The fourth-order valence-electron chi connectivity index (χ4n) is 0.390. The average Bonchev–Trinajstić information content (AvgIpc) is 1.23. The topological polar surface area (TPSA) is 34.1 Å². The van der Waals surface area contributed by atoms with Gasteiger partial charge in [-0.15, -0.1) is 11.8 Å². The van der Waals surface area contributed by atoms with Crippen LogP contribution in [0.15, 0.2) is 0 Å². The quantitative estimate of drug-likeness (QED) is 0.520. The molecule has 1 aliphatic rings. The van der Waals surface area contributed by atoms with Crippen molar-refractivity contribution in [2.45, 2.75) is 11.0 Å². The van der Waals surface area contributed by atoms with Gasteiger partial charge in [-0.25, -0.2) is 8.42 Å². The van der Waals surface area contributed by atoms with E-state index in [1.165, 1.54) is 11.8 Å². The van der Waals surface area contributed by atoms with Crippen molar-refractivity contribution in [1.82, 2.24) is 0 Å². The van der Waals surface area contributed by atoms with Crippen LogP contribution in [0.5, 0.6) is 0 Å². The lowest BCUT2D eigenvalue weighted by Gasteiger charge is -2.17. The normalized spacial score (nSPS) is 30.1. The van der Waals surface area contributed by atoms with Crippen LogP contribution in [-0.4, -0.2) is 18.8 Å². The van der Waals surface area contributed by atoms with E-state index in [-0.39, 0.29) is 4.58 Å². The van der Waals surface area contributed by atoms with Crippen LogP contribution in [0.3, 0.4) is 0 Å². The molecule has 0 spiro atoms. The van der Waals surface area contributed by atoms with E-state index in [2.05, 4.69) is 0 Å². The molecule has 0 amide bonds. The maximum atomic E-state index is 10.00. The third kappa shape index (κ3) is 1.10. The third-order valence-corrected chi connectivity index (χ3v) is 3.69. The molecule has 4 heteroatoms. The van der Waals surface area contributed by atoms with E-state index in [0.29, 0.717) is 0 Å². The van der Waals surface area contributed by atoms with Crippen molar-refractivity contribution < 1.29 is 8.42 Å². The van der Waals surface area contributed by atoms with Crippen LogP contribution in [-0.2, 0) is 10.7 Å². The van der Waals surface area contributed by atoms with Crippen molar-refractivity contribution in [1.29, 1.82) is 0 Å². The summed E-state index contributed by atoms with van der Waals surface area (Å²) in [6.45, 7) is 0. The monoisotopic (exact) mass is 138 g/mol. The van der Waals surface area contributed by atoms with E-state index in [1.807, 2.05) is 0 Å². The number of thiol groups is 1. The van der Waals surface area contributed by atoms with Crippen molar-refractivity contribution in [2.24, 2.45) is 0 Å². The Morgan fingerprint density at radius 3 is 2.14 bits per heavy atom. The van der Waals surface area contributed by atoms with Gasteiger partial charge in [0.25, 0.3) is 0 Å². The Labute approximate surface area is 48.2 Å². The minimum absolute atomic E-state index is 0.0463. The van der Waals surface area contributed by atoms with E-state index in [0.717, 1.165) is 12.2 Å². The van der Waals surface area contributed by atoms with Crippen LogP contribution in [0, 0.1) is 0 Å². The molecule has 0 aromatic carbocycles. The fourth-order valence-corrected chi connectivity index (χ4v) is 2.17. The van der Waals surface area contributed by atoms with Gasteiger partial charge in [0.1, 0.15) is 4.58 Å². The first-order chi connectivity index (χ1) is 3.30. The van der Waals surface area contributed by atoms with E-state index in [4.69, 9.17) is 0 Å². The molecule has 0 saturated carbocycles. The highest BCUT2D eigenvalue weighted by Gasteiger charge is 2.19. The minimum atomic E-state index is -2.11. The molecule has 1 rings (SSSR count). The minimum Gasteiger partial charge on any atom is -0.231 e. The van der Waals surface area contributed by atoms with Crippen molar-refractivity contribution in [3.05, 3.63) is 0 Å². The Morgan fingerprint density at radius 1 is 1.57 bits per heavy atom. The predicted octanol–water partition coefficient (Wildman–Crippen LogP) is 0.0608. The van der Waals surface area contributed by atoms with E-state index < -0.39 is 10.7 Å². The summed E-state index contributed by atoms with van der Waals surface area (Å²) in [5.41, 5.74) is 0. The van der Waals surface area contributed by atoms with Gasteiger partial charge in [0.05, 0.1) is 0 Å². The van der Waals surface area contributed by atoms with E-state index in [9.17, 15) is 8.42 Å². The second kappa shape index (κ2) is 2.05. The van der Waals surface area contributed by atoms with Crippen molar-refractivity contribution in [2.75, 3.05) is 5.75 Å². The molecule has 0 N–H and O–H groups in total. The van der Waals surface area contributed by atoms with Crippen molar-refractivity contribution >= 4 is 22.5 Å². The zero-order valence-corrected chi connectivity index (χ0v) is 5.37. The summed E-state index contributed by atoms with van der Waals surface area (Å²) < 4.78 is 19.9. The van der Waals surface area contributed by atoms with Crippen LogP contribution >= 0.6 is 11.8 Å². The van der Waals surface area contributed by atoms with Gasteiger partial charge < -0.3 is 0 Å². The highest BCUT2D eigenvalue weighted by molar-refractivity contribution is 8.09. The highest BCUT2D eigenvalue weighted by atomic mass is 32.2. The Kier molecular flexibility index (Phi) is 1.59. The van der Waals surface area contributed by atoms with Crippen molar-refractivity contribution in [3.63, 3.8) is 0 Å². The first-order valence-corrected chi connectivity index (χ1v) is 4.35. The molecule has 2 nitrogen and oxygen atoms in total. The zero-order chi connectivity index (χ0) is 5.28. The molecule has 1 aliphatic heterocycles. The number of hydrogen-bond donors (Lipinski definition) is 1. The molecule has 0 bridgehead atoms. The Hall–Kier alpha value is 0.300. The van der Waals surface area contributed by atoms with Gasteiger partial charge in [0, 0.05) is 0 Å². The van der Waals surface area contributed by atoms with Gasteiger partial charge in [0.15, 0.2) is 10.7 Å². The number of thioether (sulfide) groups is 1. The fraction of sp³-hybridized carbons (Fsp3) is 1.00. The summed E-state index contributed by atoms with van der Waals surface area (Å²) in [6.07, 6.45) is 0.864. The Bertz CT molecular complexity index is 117. The molecule has 1 saturated heterocycles. The molecule has 42 valence electrons. The van der Waals surface area contributed by atoms with Gasteiger partial charge >= 0.3 is 0 Å². The average molecular weight is 138 g/mol. The Balaban J connectivity index is 2.41. The molecule has 1 unspecified atom stereocenters. The van der Waals surface area contributed by atoms with Gasteiger partial charge in [-0.05, 0) is 12.2 Å². The summed E-state index contributed by atoms with van der Waals surface area (Å²) in [5, 5.41) is 0. The molecular formula is C3H6O2S2. The molecule has 0 aromatic rings. The van der Waals surface area contributed by atoms with Gasteiger partial charge in [-0.3, -0.25) is 0 Å². The molecule has 7 heavy (non-hydrogen) atoms. The van der Waals surface area contributed by atoms with E-state index >= 15 is 0 Å². The smallest absolute Gasteiger partial charge is 0.152 e. The van der Waals surface area contributed by atoms with Crippen LogP contribution in [0.4, 0.5) is 0 Å². The lowest BCUT2D eigenvalue weighted by Crippen LogP contribution is -2.16. The standard InChI is InChI=1S/C3H6O2S2/c4-7(5)3-1-2-6-3/h3,7H,1-2H2. The third-order valence-electron chi connectivity index (χ3n) is 0.910. The summed E-state index contributed by atoms with van der Waals surface area (Å²) >= 11 is 1.52. The molecule has 1 fully saturated rings. The van der Waals surface area contributed by atoms with Crippen LogP contribution in [0.2, 0.25) is 0 Å². The SMILES string of the molecule is O=[SH](=O)C1CCS1. The van der Waals surface area contributed by atoms with Gasteiger partial charge in [-0.2, -0.15) is 0 Å². The van der Waals surface area contributed by atoms with Gasteiger partial charge in [-0.1, -0.05) is 0 Å².